The zero-order valence-corrected chi connectivity index (χ0v) is 32.9. The molecule has 0 aromatic heterocycles. The molecular weight excluding hydrogens is 837 g/mol. The molecule has 6 aromatic rings. The number of hydrogen-bond acceptors (Lipinski definition) is 17. The monoisotopic (exact) mass is 872 g/mol. The molecule has 0 saturated heterocycles. The second-order valence-electron chi connectivity index (χ2n) is 16.5. The highest BCUT2D eigenvalue weighted by atomic mass is 16.7. The molecule has 17 nitrogen and oxygen atoms in total. The number of aliphatic hydroxyl groups excluding tert-OH is 3. The van der Waals surface area contributed by atoms with E-state index in [1.807, 2.05) is 0 Å². The number of hydrogen-bond donors (Lipinski definition) is 11. The summed E-state index contributed by atoms with van der Waals surface area (Å²) in [5.74, 6) is -10.7. The van der Waals surface area contributed by atoms with Crippen LogP contribution in [0.15, 0.2) is 91.0 Å². The van der Waals surface area contributed by atoms with Gasteiger partial charge in [-0.3, -0.25) is 4.79 Å². The second kappa shape index (κ2) is 13.6. The highest BCUT2D eigenvalue weighted by molar-refractivity contribution is 5.80. The Morgan fingerprint density at radius 3 is 1.70 bits per heavy atom. The first-order valence-corrected chi connectivity index (χ1v) is 20.1. The minimum atomic E-state index is -2.12. The molecule has 326 valence electrons. The Balaban J connectivity index is 1.19. The number of esters is 1. The lowest BCUT2D eigenvalue weighted by atomic mass is 9.71. The minimum Gasteiger partial charge on any atom is -0.508 e. The fourth-order valence-corrected chi connectivity index (χ4v) is 10.0. The molecule has 17 heteroatoms. The molecule has 5 aliphatic rings. The number of fused-ring (bicyclic) bond motifs is 8. The van der Waals surface area contributed by atoms with Crippen molar-refractivity contribution in [2.75, 3.05) is 0 Å². The second-order valence-corrected chi connectivity index (χ2v) is 16.5. The van der Waals surface area contributed by atoms with Crippen LogP contribution in [0.2, 0.25) is 0 Å². The van der Waals surface area contributed by atoms with Crippen molar-refractivity contribution in [1.29, 1.82) is 0 Å². The summed E-state index contributed by atoms with van der Waals surface area (Å²) in [6, 6.07) is 19.5. The molecule has 5 aliphatic heterocycles. The van der Waals surface area contributed by atoms with Crippen LogP contribution in [0.4, 0.5) is 0 Å². The molecule has 0 radical (unpaired) electrons. The molecule has 5 heterocycles. The maximum Gasteiger partial charge on any atom is 0.311 e. The van der Waals surface area contributed by atoms with Crippen molar-refractivity contribution >= 4 is 5.97 Å². The number of phenols is 8. The van der Waals surface area contributed by atoms with Gasteiger partial charge in [-0.15, -0.1) is 0 Å². The Bertz CT molecular complexity index is 2950. The van der Waals surface area contributed by atoms with Crippen LogP contribution in [0.5, 0.6) is 74.7 Å². The lowest BCUT2D eigenvalue weighted by molar-refractivity contribution is -0.219. The van der Waals surface area contributed by atoms with E-state index in [1.165, 1.54) is 78.9 Å². The van der Waals surface area contributed by atoms with Gasteiger partial charge >= 0.3 is 11.8 Å². The van der Waals surface area contributed by atoms with Crippen molar-refractivity contribution in [3.63, 3.8) is 0 Å². The van der Waals surface area contributed by atoms with E-state index >= 15 is 0 Å². The van der Waals surface area contributed by atoms with Gasteiger partial charge in [0.1, 0.15) is 81.6 Å². The minimum absolute atomic E-state index is 0.0155. The highest BCUT2D eigenvalue weighted by Crippen LogP contribution is 2.66. The molecule has 0 unspecified atom stereocenters. The van der Waals surface area contributed by atoms with Gasteiger partial charge in [0.15, 0.2) is 23.7 Å². The quantitative estimate of drug-likeness (QED) is 0.0633. The fraction of sp³-hybridized carbons (Fsp3) is 0.213. The SMILES string of the molecule is O=C1C[C@H]2c3c(cc(O)c([C@H]4c5c(O)cc6c(c5O[C@H](c5ccc(O)cc5)[C@@H]4O)[C@H]4c5c(O)cc(O)cc5O[C@@](c5ccc(O)cc5)(O6)[C@@H]4O)c3O[C@H](c3ccc(O)c(O)c3)[C@@H]2O)O1. The average molecular weight is 873 g/mol. The lowest BCUT2D eigenvalue weighted by Gasteiger charge is -2.51. The van der Waals surface area contributed by atoms with Crippen molar-refractivity contribution in [2.45, 2.75) is 60.5 Å². The Morgan fingerprint density at radius 1 is 0.484 bits per heavy atom. The van der Waals surface area contributed by atoms with E-state index in [9.17, 15) is 61.0 Å². The summed E-state index contributed by atoms with van der Waals surface area (Å²) in [5, 5.41) is 125. The third-order valence-electron chi connectivity index (χ3n) is 12.8. The van der Waals surface area contributed by atoms with Crippen LogP contribution in [0.25, 0.3) is 0 Å². The van der Waals surface area contributed by atoms with Gasteiger partial charge in [0.25, 0.3) is 0 Å². The third-order valence-corrected chi connectivity index (χ3v) is 12.8. The van der Waals surface area contributed by atoms with Gasteiger partial charge in [-0.2, -0.15) is 0 Å². The van der Waals surface area contributed by atoms with E-state index in [2.05, 4.69) is 0 Å². The molecule has 6 aromatic carbocycles. The predicted molar refractivity (Wildman–Crippen MR) is 216 cm³/mol. The first-order valence-electron chi connectivity index (χ1n) is 20.1. The molecule has 0 saturated carbocycles. The third kappa shape index (κ3) is 5.50. The maximum atomic E-state index is 13.0. The first kappa shape index (κ1) is 39.1. The van der Waals surface area contributed by atoms with E-state index < -0.39 is 94.5 Å². The normalized spacial score (nSPS) is 26.9. The van der Waals surface area contributed by atoms with Crippen LogP contribution < -0.4 is 23.7 Å². The number of aliphatic hydroxyl groups is 3. The summed E-state index contributed by atoms with van der Waals surface area (Å²) in [6.45, 7) is 0. The van der Waals surface area contributed by atoms with Gasteiger partial charge in [0.2, 0.25) is 0 Å². The first-order chi connectivity index (χ1) is 30.6. The van der Waals surface area contributed by atoms with Gasteiger partial charge in [-0.05, 0) is 59.7 Å². The van der Waals surface area contributed by atoms with Gasteiger partial charge < -0.3 is 79.9 Å². The van der Waals surface area contributed by atoms with Crippen LogP contribution >= 0.6 is 0 Å². The Hall–Kier alpha value is -7.73. The molecule has 64 heavy (non-hydrogen) atoms. The standard InChI is InChI=1S/C47H36O17/c48-20-6-1-17(2-7-20)42-41(58)38(35-27(54)15-29-33-23(14-32(56)60-29)40(57)43(62-44(33)35)18-3-10-24(51)25(52)11-18)36-28(55)16-31-37(45(36)61-42)39-34-26(53)12-22(50)13-30(34)63-47(64-31,46(39)59)19-4-8-21(49)9-5-19/h1-13,15-16,23,38-43,46,48-55,57-59H,14H2/t23-,38-,39+,40+,41+,42+,43+,46+,47-/m0/s1. The van der Waals surface area contributed by atoms with Crippen molar-refractivity contribution < 1.29 is 84.7 Å². The Labute approximate surface area is 360 Å². The van der Waals surface area contributed by atoms with E-state index in [-0.39, 0.29) is 85.6 Å². The number of carbonyl (C=O) groups excluding carboxylic acids is 1. The Kier molecular flexibility index (Phi) is 8.34. The topological polar surface area (TPSA) is 286 Å². The zero-order chi connectivity index (χ0) is 44.7. The van der Waals surface area contributed by atoms with Gasteiger partial charge in [-0.1, -0.05) is 18.2 Å². The molecule has 0 amide bonds. The number of phenolic OH excluding ortho intramolecular Hbond substituents is 8. The van der Waals surface area contributed by atoms with E-state index in [4.69, 9.17) is 23.7 Å². The lowest BCUT2D eigenvalue weighted by Crippen LogP contribution is -2.57. The summed E-state index contributed by atoms with van der Waals surface area (Å²) >= 11 is 0. The predicted octanol–water partition coefficient (Wildman–Crippen LogP) is 4.98. The number of benzene rings is 6. The van der Waals surface area contributed by atoms with Crippen LogP contribution in [0.3, 0.4) is 0 Å². The van der Waals surface area contributed by atoms with Crippen molar-refractivity contribution in [2.24, 2.45) is 0 Å². The number of rotatable bonds is 4. The number of ether oxygens (including phenoxy) is 5. The molecule has 11 N–H and O–H groups in total. The summed E-state index contributed by atoms with van der Waals surface area (Å²) in [5.41, 5.74) is 0.505. The van der Waals surface area contributed by atoms with Crippen LogP contribution in [0.1, 0.15) is 80.9 Å². The van der Waals surface area contributed by atoms with Gasteiger partial charge in [-0.25, -0.2) is 0 Å². The molecule has 9 atom stereocenters. The van der Waals surface area contributed by atoms with Crippen LogP contribution in [-0.2, 0) is 10.6 Å². The molecule has 2 bridgehead atoms. The van der Waals surface area contributed by atoms with Gasteiger partial charge in [0, 0.05) is 63.6 Å². The smallest absolute Gasteiger partial charge is 0.311 e. The molecule has 0 fully saturated rings. The van der Waals surface area contributed by atoms with E-state index in [1.54, 1.807) is 0 Å². The van der Waals surface area contributed by atoms with Crippen LogP contribution in [0, 0.1) is 0 Å². The Morgan fingerprint density at radius 2 is 1.05 bits per heavy atom. The molecular formula is C47H36O17. The summed E-state index contributed by atoms with van der Waals surface area (Å²) < 4.78 is 31.7. The summed E-state index contributed by atoms with van der Waals surface area (Å²) in [7, 11) is 0. The highest BCUT2D eigenvalue weighted by Gasteiger charge is 2.61. The van der Waals surface area contributed by atoms with Crippen molar-refractivity contribution in [3.05, 3.63) is 136 Å². The fourth-order valence-electron chi connectivity index (χ4n) is 10.0. The van der Waals surface area contributed by atoms with E-state index in [0.717, 1.165) is 12.1 Å². The summed E-state index contributed by atoms with van der Waals surface area (Å²) in [6.07, 6.45) is -8.01. The van der Waals surface area contributed by atoms with Gasteiger partial charge in [0.05, 0.1) is 18.3 Å². The zero-order valence-electron chi connectivity index (χ0n) is 32.9. The molecule has 0 spiro atoms. The van der Waals surface area contributed by atoms with E-state index in [0.29, 0.717) is 5.56 Å². The summed E-state index contributed by atoms with van der Waals surface area (Å²) in [4.78, 5) is 13.0. The number of carbonyl (C=O) groups is 1. The van der Waals surface area contributed by atoms with Crippen LogP contribution in [-0.4, -0.2) is 80.5 Å². The average Bonchev–Trinajstić information content (AvgIpc) is 3.24. The maximum absolute atomic E-state index is 13.0. The number of aromatic hydroxyl groups is 8. The molecule has 11 rings (SSSR count). The largest absolute Gasteiger partial charge is 0.508 e. The molecule has 0 aliphatic carbocycles. The van der Waals surface area contributed by atoms with Crippen molar-refractivity contribution in [1.82, 2.24) is 0 Å². The van der Waals surface area contributed by atoms with Crippen molar-refractivity contribution in [3.8, 4) is 74.7 Å².